The van der Waals surface area contributed by atoms with Crippen LogP contribution in [0.5, 0.6) is 0 Å². The average molecular weight is 647 g/mol. The van der Waals surface area contributed by atoms with Gasteiger partial charge in [-0.2, -0.15) is 0 Å². The second-order valence-corrected chi connectivity index (χ2v) is 16.3. The quantitative estimate of drug-likeness (QED) is 0.103. The fourth-order valence-electron chi connectivity index (χ4n) is 9.86. The largest absolute Gasteiger partial charge is 0.481 e. The number of carboxylic acid groups (broad SMARTS) is 1. The lowest BCUT2D eigenvalue weighted by Crippen LogP contribution is -2.62. The van der Waals surface area contributed by atoms with Crippen LogP contribution in [0, 0.1) is 52.3 Å². The van der Waals surface area contributed by atoms with Gasteiger partial charge in [0, 0.05) is 12.8 Å². The standard InChI is InChI=1S/C31H51O12P/c1-17(4-8-26(35)42-16-43-27(36)9-5-18(29(37)38)15-44(39,40)41)21-6-7-22-28-23(14-25(34)31(21,22)3)30(2)11-10-20(32)12-19(30)13-24(28)33/h17-25,28,32-34H,4-16H2,1-3H3,(H,37,38)(H2,39,40,41)/t17?,18?,19?,20-,21?,22?,23?,24-,25+,28?,30+,31-/m1/s1. The van der Waals surface area contributed by atoms with E-state index in [-0.39, 0.29) is 65.3 Å². The van der Waals surface area contributed by atoms with E-state index in [4.69, 9.17) is 24.4 Å². The molecule has 12 nitrogen and oxygen atoms in total. The van der Waals surface area contributed by atoms with Crippen LogP contribution in [0.15, 0.2) is 0 Å². The highest BCUT2D eigenvalue weighted by Crippen LogP contribution is 2.68. The van der Waals surface area contributed by atoms with Crippen molar-refractivity contribution in [2.75, 3.05) is 13.0 Å². The molecule has 252 valence electrons. The van der Waals surface area contributed by atoms with Gasteiger partial charge in [-0.05, 0) is 104 Å². The predicted octanol–water partition coefficient (Wildman–Crippen LogP) is 3.07. The topological polar surface area (TPSA) is 208 Å². The van der Waals surface area contributed by atoms with Crippen LogP contribution in [-0.4, -0.2) is 79.4 Å². The van der Waals surface area contributed by atoms with Crippen LogP contribution in [0.3, 0.4) is 0 Å². The van der Waals surface area contributed by atoms with Crippen LogP contribution in [0.2, 0.25) is 0 Å². The third-order valence-electron chi connectivity index (χ3n) is 12.3. The van der Waals surface area contributed by atoms with Gasteiger partial charge in [0.1, 0.15) is 0 Å². The summed E-state index contributed by atoms with van der Waals surface area (Å²) in [4.78, 5) is 53.6. The van der Waals surface area contributed by atoms with Crippen molar-refractivity contribution < 1.29 is 58.6 Å². The van der Waals surface area contributed by atoms with Crippen LogP contribution in [0.4, 0.5) is 0 Å². The number of rotatable bonds is 12. The normalized spacial score (nSPS) is 39.7. The number of carbonyl (C=O) groups excluding carboxylic acids is 2. The molecule has 0 aromatic heterocycles. The van der Waals surface area contributed by atoms with Crippen molar-refractivity contribution >= 4 is 25.5 Å². The molecular weight excluding hydrogens is 595 g/mol. The van der Waals surface area contributed by atoms with Gasteiger partial charge in [0.05, 0.1) is 30.4 Å². The molecular formula is C31H51O12P. The average Bonchev–Trinajstić information content (AvgIpc) is 3.29. The third-order valence-corrected chi connectivity index (χ3v) is 13.2. The van der Waals surface area contributed by atoms with Gasteiger partial charge in [-0.3, -0.25) is 18.9 Å². The first-order chi connectivity index (χ1) is 20.5. The highest BCUT2D eigenvalue weighted by atomic mass is 31.2. The molecule has 4 aliphatic rings. The summed E-state index contributed by atoms with van der Waals surface area (Å²) in [6, 6.07) is 0. The Bertz CT molecular complexity index is 1110. The molecule has 0 amide bonds. The first-order valence-corrected chi connectivity index (χ1v) is 17.9. The van der Waals surface area contributed by atoms with Crippen LogP contribution in [0.25, 0.3) is 0 Å². The third kappa shape index (κ3) is 7.36. The lowest BCUT2D eigenvalue weighted by atomic mass is 9.43. The molecule has 44 heavy (non-hydrogen) atoms. The summed E-state index contributed by atoms with van der Waals surface area (Å²) in [5, 5.41) is 42.5. The zero-order chi connectivity index (χ0) is 32.6. The number of esters is 2. The van der Waals surface area contributed by atoms with E-state index in [0.29, 0.717) is 25.7 Å². The van der Waals surface area contributed by atoms with E-state index < -0.39 is 63.0 Å². The Morgan fingerprint density at radius 2 is 1.55 bits per heavy atom. The summed E-state index contributed by atoms with van der Waals surface area (Å²) in [5.74, 6) is -3.20. The van der Waals surface area contributed by atoms with Crippen molar-refractivity contribution in [3.05, 3.63) is 0 Å². The lowest BCUT2D eigenvalue weighted by molar-refractivity contribution is -0.207. The number of carboxylic acids is 1. The summed E-state index contributed by atoms with van der Waals surface area (Å²) in [6.45, 7) is 5.91. The number of aliphatic hydroxyl groups is 3. The molecule has 4 rings (SSSR count). The van der Waals surface area contributed by atoms with Crippen molar-refractivity contribution in [2.45, 2.75) is 110 Å². The highest BCUT2D eigenvalue weighted by molar-refractivity contribution is 7.51. The zero-order valence-electron chi connectivity index (χ0n) is 26.0. The monoisotopic (exact) mass is 646 g/mol. The van der Waals surface area contributed by atoms with Crippen LogP contribution in [-0.2, 0) is 28.4 Å². The van der Waals surface area contributed by atoms with Crippen LogP contribution in [0.1, 0.15) is 91.4 Å². The second kappa shape index (κ2) is 13.7. The summed E-state index contributed by atoms with van der Waals surface area (Å²) >= 11 is 0. The number of hydrogen-bond acceptors (Lipinski definition) is 9. The maximum absolute atomic E-state index is 12.4. The molecule has 4 aliphatic carbocycles. The number of hydrogen-bond donors (Lipinski definition) is 6. The minimum atomic E-state index is -4.56. The molecule has 0 bridgehead atoms. The Morgan fingerprint density at radius 1 is 0.909 bits per heavy atom. The number of ether oxygens (including phenoxy) is 2. The van der Waals surface area contributed by atoms with E-state index in [9.17, 15) is 34.3 Å². The van der Waals surface area contributed by atoms with Crippen LogP contribution >= 0.6 is 7.60 Å². The SMILES string of the molecule is CC(CCC(=O)OCOC(=O)CCC(CP(=O)(O)O)C(=O)O)C1CCC2C3C(C[C@H](O)[C@]12C)[C@@]1(C)CC[C@@H](O)CC1C[C@H]3O. The number of aliphatic hydroxyl groups excluding tert-OH is 3. The molecule has 7 unspecified atom stereocenters. The molecule has 4 fully saturated rings. The van der Waals surface area contributed by atoms with E-state index in [1.165, 1.54) is 0 Å². The van der Waals surface area contributed by atoms with Gasteiger partial charge in [0.2, 0.25) is 6.79 Å². The van der Waals surface area contributed by atoms with Gasteiger partial charge >= 0.3 is 25.5 Å². The summed E-state index contributed by atoms with van der Waals surface area (Å²) in [7, 11) is -4.56. The van der Waals surface area contributed by atoms with E-state index >= 15 is 0 Å². The number of carbonyl (C=O) groups is 3. The molecule has 0 aromatic rings. The van der Waals surface area contributed by atoms with Gasteiger partial charge < -0.3 is 39.7 Å². The Labute approximate surface area is 259 Å². The van der Waals surface area contributed by atoms with Crippen LogP contribution < -0.4 is 0 Å². The molecule has 4 saturated carbocycles. The van der Waals surface area contributed by atoms with E-state index in [1.807, 2.05) is 0 Å². The molecule has 13 heteroatoms. The predicted molar refractivity (Wildman–Crippen MR) is 157 cm³/mol. The smallest absolute Gasteiger partial charge is 0.326 e. The molecule has 0 aromatic carbocycles. The molecule has 6 N–H and O–H groups in total. The van der Waals surface area contributed by atoms with Gasteiger partial charge in [0.15, 0.2) is 0 Å². The van der Waals surface area contributed by atoms with Crippen molar-refractivity contribution in [1.29, 1.82) is 0 Å². The zero-order valence-corrected chi connectivity index (χ0v) is 26.9. The highest BCUT2D eigenvalue weighted by Gasteiger charge is 2.65. The van der Waals surface area contributed by atoms with Gasteiger partial charge in [-0.15, -0.1) is 0 Å². The van der Waals surface area contributed by atoms with E-state index in [1.54, 1.807) is 0 Å². The summed E-state index contributed by atoms with van der Waals surface area (Å²) in [5.41, 5.74) is -0.380. The Morgan fingerprint density at radius 3 is 2.16 bits per heavy atom. The van der Waals surface area contributed by atoms with Gasteiger partial charge in [-0.1, -0.05) is 20.8 Å². The maximum atomic E-state index is 12.4. The van der Waals surface area contributed by atoms with Crippen molar-refractivity contribution in [3.63, 3.8) is 0 Å². The summed E-state index contributed by atoms with van der Waals surface area (Å²) < 4.78 is 21.0. The summed E-state index contributed by atoms with van der Waals surface area (Å²) in [6.07, 6.45) is 3.28. The number of aliphatic carboxylic acids is 1. The van der Waals surface area contributed by atoms with Crippen molar-refractivity contribution in [2.24, 2.45) is 52.3 Å². The van der Waals surface area contributed by atoms with E-state index in [2.05, 4.69) is 20.8 Å². The fourth-order valence-corrected chi connectivity index (χ4v) is 10.8. The Kier molecular flexibility index (Phi) is 11.0. The number of fused-ring (bicyclic) bond motifs is 5. The van der Waals surface area contributed by atoms with E-state index in [0.717, 1.165) is 25.7 Å². The maximum Gasteiger partial charge on any atom is 0.326 e. The van der Waals surface area contributed by atoms with Crippen molar-refractivity contribution in [1.82, 2.24) is 0 Å². The molecule has 12 atom stereocenters. The van der Waals surface area contributed by atoms with Gasteiger partial charge in [0.25, 0.3) is 0 Å². The minimum Gasteiger partial charge on any atom is -0.481 e. The molecule has 0 heterocycles. The Balaban J connectivity index is 1.26. The first kappa shape index (κ1) is 35.3. The second-order valence-electron chi connectivity index (χ2n) is 14.6. The Hall–Kier alpha value is -1.56. The lowest BCUT2D eigenvalue weighted by Gasteiger charge is -2.63. The molecule has 0 spiro atoms. The molecule has 0 saturated heterocycles. The minimum absolute atomic E-state index is 0.00320. The first-order valence-electron chi connectivity index (χ1n) is 16.1. The van der Waals surface area contributed by atoms with Crippen molar-refractivity contribution in [3.8, 4) is 0 Å². The molecule has 0 radical (unpaired) electrons. The molecule has 0 aliphatic heterocycles. The van der Waals surface area contributed by atoms with Gasteiger partial charge in [-0.25, -0.2) is 0 Å². The fraction of sp³-hybridized carbons (Fsp3) is 0.903.